The average Bonchev–Trinajstić information content (AvgIpc) is 3.27. The number of hydrogen-bond donors (Lipinski definition) is 2. The standard InChI is InChI=1S/C25H28FN5O/c1-32-21-10-8-20(9-11-21)31-23(22-7-3-6-19(15-28)25(22)26)13-24(30-31)29-16-18-5-2-4-17(12-18)14-27/h3,6-11,13,17-18H,2,4-5,12,14,16,27H2,1H3,(H,29,30). The normalized spacial score (nSPS) is 18.2. The van der Waals surface area contributed by atoms with Crippen molar-refractivity contribution in [3.8, 4) is 28.8 Å². The lowest BCUT2D eigenvalue weighted by Gasteiger charge is -2.28. The first-order valence-electron chi connectivity index (χ1n) is 11.0. The molecular weight excluding hydrogens is 405 g/mol. The summed E-state index contributed by atoms with van der Waals surface area (Å²) in [5, 5.41) is 17.4. The van der Waals surface area contributed by atoms with Crippen LogP contribution >= 0.6 is 0 Å². The molecule has 4 rings (SSSR count). The third kappa shape index (κ3) is 4.61. The molecule has 1 saturated carbocycles. The molecule has 0 saturated heterocycles. The topological polar surface area (TPSA) is 88.9 Å². The van der Waals surface area contributed by atoms with Gasteiger partial charge in [-0.3, -0.25) is 0 Å². The Balaban J connectivity index is 1.66. The Morgan fingerprint density at radius 3 is 2.72 bits per heavy atom. The SMILES string of the molecule is COc1ccc(-n2nc(NCC3CCCC(CN)C3)cc2-c2cccc(C#N)c2F)cc1. The minimum atomic E-state index is -0.547. The number of nitrogens with one attached hydrogen (secondary N) is 1. The minimum absolute atomic E-state index is 0.00882. The molecule has 0 amide bonds. The van der Waals surface area contributed by atoms with Gasteiger partial charge in [0.05, 0.1) is 24.1 Å². The van der Waals surface area contributed by atoms with E-state index in [1.807, 2.05) is 36.4 Å². The van der Waals surface area contributed by atoms with Gasteiger partial charge in [0.25, 0.3) is 0 Å². The van der Waals surface area contributed by atoms with Gasteiger partial charge >= 0.3 is 0 Å². The Bertz CT molecular complexity index is 1100. The summed E-state index contributed by atoms with van der Waals surface area (Å²) < 4.78 is 22.0. The highest BCUT2D eigenvalue weighted by molar-refractivity contribution is 5.68. The summed E-state index contributed by atoms with van der Waals surface area (Å²) in [6, 6.07) is 16.0. The lowest BCUT2D eigenvalue weighted by atomic mass is 9.81. The van der Waals surface area contributed by atoms with Crippen molar-refractivity contribution in [2.45, 2.75) is 25.7 Å². The van der Waals surface area contributed by atoms with Crippen LogP contribution in [0.4, 0.5) is 10.2 Å². The first-order valence-corrected chi connectivity index (χ1v) is 11.0. The smallest absolute Gasteiger partial charge is 0.150 e. The van der Waals surface area contributed by atoms with Crippen LogP contribution in [0.2, 0.25) is 0 Å². The number of nitrogens with two attached hydrogens (primary N) is 1. The summed E-state index contributed by atoms with van der Waals surface area (Å²) in [6.45, 7) is 1.54. The van der Waals surface area contributed by atoms with Crippen molar-refractivity contribution in [3.05, 3.63) is 59.9 Å². The minimum Gasteiger partial charge on any atom is -0.497 e. The van der Waals surface area contributed by atoms with E-state index < -0.39 is 5.82 Å². The zero-order valence-electron chi connectivity index (χ0n) is 18.2. The highest BCUT2D eigenvalue weighted by atomic mass is 19.1. The first kappa shape index (κ1) is 21.8. The molecule has 1 fully saturated rings. The fraction of sp³-hybridized carbons (Fsp3) is 0.360. The van der Waals surface area contributed by atoms with Gasteiger partial charge in [-0.2, -0.15) is 5.26 Å². The third-order valence-electron chi connectivity index (χ3n) is 6.22. The Hall–Kier alpha value is -3.37. The molecule has 6 nitrogen and oxygen atoms in total. The van der Waals surface area contributed by atoms with E-state index in [1.165, 1.54) is 25.3 Å². The number of benzene rings is 2. The van der Waals surface area contributed by atoms with Crippen molar-refractivity contribution in [2.75, 3.05) is 25.5 Å². The summed E-state index contributed by atoms with van der Waals surface area (Å²) in [7, 11) is 1.61. The van der Waals surface area contributed by atoms with Crippen LogP contribution in [0.25, 0.3) is 16.9 Å². The molecule has 166 valence electrons. The number of ether oxygens (including phenoxy) is 1. The molecule has 3 aromatic rings. The van der Waals surface area contributed by atoms with Gasteiger partial charge in [0.2, 0.25) is 0 Å². The average molecular weight is 434 g/mol. The maximum absolute atomic E-state index is 15.0. The van der Waals surface area contributed by atoms with E-state index in [2.05, 4.69) is 5.32 Å². The van der Waals surface area contributed by atoms with Crippen LogP contribution in [-0.2, 0) is 0 Å². The molecule has 2 atom stereocenters. The maximum atomic E-state index is 15.0. The van der Waals surface area contributed by atoms with Crippen LogP contribution in [0.1, 0.15) is 31.2 Å². The van der Waals surface area contributed by atoms with Gasteiger partial charge in [0.15, 0.2) is 0 Å². The number of halogens is 1. The van der Waals surface area contributed by atoms with E-state index in [-0.39, 0.29) is 5.56 Å². The second-order valence-electron chi connectivity index (χ2n) is 8.32. The Labute approximate surface area is 187 Å². The fourth-order valence-electron chi connectivity index (χ4n) is 4.45. The van der Waals surface area contributed by atoms with Crippen LogP contribution < -0.4 is 15.8 Å². The lowest BCUT2D eigenvalue weighted by molar-refractivity contribution is 0.281. The highest BCUT2D eigenvalue weighted by Gasteiger charge is 2.22. The number of nitrogens with zero attached hydrogens (tertiary/aromatic N) is 3. The quantitative estimate of drug-likeness (QED) is 0.562. The molecule has 1 aromatic heterocycles. The van der Waals surface area contributed by atoms with Crippen LogP contribution in [0, 0.1) is 29.0 Å². The van der Waals surface area contributed by atoms with Gasteiger partial charge in [-0.05, 0) is 74.0 Å². The number of nitriles is 1. The lowest BCUT2D eigenvalue weighted by Crippen LogP contribution is -2.26. The van der Waals surface area contributed by atoms with Crippen LogP contribution in [0.15, 0.2) is 48.5 Å². The second-order valence-corrected chi connectivity index (χ2v) is 8.32. The molecular formula is C25H28FN5O. The third-order valence-corrected chi connectivity index (χ3v) is 6.22. The van der Waals surface area contributed by atoms with Crippen LogP contribution in [0.5, 0.6) is 5.75 Å². The van der Waals surface area contributed by atoms with Crippen molar-refractivity contribution < 1.29 is 9.13 Å². The van der Waals surface area contributed by atoms with Crippen molar-refractivity contribution in [1.82, 2.24) is 9.78 Å². The molecule has 1 heterocycles. The van der Waals surface area contributed by atoms with Gasteiger partial charge < -0.3 is 15.8 Å². The number of aromatic nitrogens is 2. The zero-order valence-corrected chi connectivity index (χ0v) is 18.2. The van der Waals surface area contributed by atoms with Gasteiger partial charge in [-0.15, -0.1) is 5.10 Å². The molecule has 1 aliphatic carbocycles. The Kier molecular flexibility index (Phi) is 6.72. The molecule has 0 aliphatic heterocycles. The van der Waals surface area contributed by atoms with Crippen LogP contribution in [-0.4, -0.2) is 30.0 Å². The van der Waals surface area contributed by atoms with E-state index in [0.717, 1.165) is 30.9 Å². The van der Waals surface area contributed by atoms with Gasteiger partial charge in [0.1, 0.15) is 23.5 Å². The number of hydrogen-bond acceptors (Lipinski definition) is 5. The molecule has 0 radical (unpaired) electrons. The molecule has 7 heteroatoms. The summed E-state index contributed by atoms with van der Waals surface area (Å²) in [5.74, 6) is 1.99. The molecule has 3 N–H and O–H groups in total. The molecule has 1 aliphatic rings. The monoisotopic (exact) mass is 433 g/mol. The number of anilines is 1. The molecule has 2 unspecified atom stereocenters. The van der Waals surface area contributed by atoms with Crippen LogP contribution in [0.3, 0.4) is 0 Å². The van der Waals surface area contributed by atoms with Gasteiger partial charge in [-0.25, -0.2) is 9.07 Å². The predicted molar refractivity (Wildman–Crippen MR) is 123 cm³/mol. The van der Waals surface area contributed by atoms with Crippen molar-refractivity contribution in [3.63, 3.8) is 0 Å². The van der Waals surface area contributed by atoms with Crippen molar-refractivity contribution >= 4 is 5.82 Å². The number of methoxy groups -OCH3 is 1. The fourth-order valence-corrected chi connectivity index (χ4v) is 4.45. The zero-order chi connectivity index (χ0) is 22.5. The predicted octanol–water partition coefficient (Wildman–Crippen LogP) is 4.74. The van der Waals surface area contributed by atoms with Gasteiger partial charge in [0, 0.05) is 18.2 Å². The van der Waals surface area contributed by atoms with E-state index in [4.69, 9.17) is 15.6 Å². The summed E-state index contributed by atoms with van der Waals surface area (Å²) >= 11 is 0. The second kappa shape index (κ2) is 9.84. The highest BCUT2D eigenvalue weighted by Crippen LogP contribution is 2.32. The van der Waals surface area contributed by atoms with Crippen molar-refractivity contribution in [2.24, 2.45) is 17.6 Å². The number of rotatable bonds is 7. The Morgan fingerprint density at radius 2 is 2.00 bits per heavy atom. The summed E-state index contributed by atoms with van der Waals surface area (Å²) in [4.78, 5) is 0. The molecule has 0 spiro atoms. The van der Waals surface area contributed by atoms with E-state index >= 15 is 4.39 Å². The van der Waals surface area contributed by atoms with Gasteiger partial charge in [-0.1, -0.05) is 12.5 Å². The summed E-state index contributed by atoms with van der Waals surface area (Å²) in [5.41, 5.74) is 7.58. The Morgan fingerprint density at radius 1 is 1.22 bits per heavy atom. The van der Waals surface area contributed by atoms with E-state index in [9.17, 15) is 5.26 Å². The van der Waals surface area contributed by atoms with E-state index in [0.29, 0.717) is 28.9 Å². The first-order chi connectivity index (χ1) is 15.6. The molecule has 0 bridgehead atoms. The maximum Gasteiger partial charge on any atom is 0.150 e. The molecule has 32 heavy (non-hydrogen) atoms. The van der Waals surface area contributed by atoms with Crippen molar-refractivity contribution in [1.29, 1.82) is 5.26 Å². The summed E-state index contributed by atoms with van der Waals surface area (Å²) in [6.07, 6.45) is 4.70. The molecule has 2 aromatic carbocycles. The largest absolute Gasteiger partial charge is 0.497 e. The van der Waals surface area contributed by atoms with E-state index in [1.54, 1.807) is 23.9 Å².